The zero-order chi connectivity index (χ0) is 13.8. The van der Waals surface area contributed by atoms with Crippen molar-refractivity contribution in [2.24, 2.45) is 5.73 Å². The lowest BCUT2D eigenvalue weighted by atomic mass is 10.2. The van der Waals surface area contributed by atoms with Gasteiger partial charge in [-0.1, -0.05) is 28.1 Å². The Morgan fingerprint density at radius 1 is 1.16 bits per heavy atom. The molecule has 0 aliphatic heterocycles. The quantitative estimate of drug-likeness (QED) is 0.933. The van der Waals surface area contributed by atoms with Crippen LogP contribution in [0.25, 0.3) is 0 Å². The van der Waals surface area contributed by atoms with Gasteiger partial charge in [-0.05, 0) is 29.8 Å². The summed E-state index contributed by atoms with van der Waals surface area (Å²) in [5, 5.41) is 0. The summed E-state index contributed by atoms with van der Waals surface area (Å²) < 4.78 is 6.28. The van der Waals surface area contributed by atoms with Crippen LogP contribution < -0.4 is 15.4 Å². The van der Waals surface area contributed by atoms with Gasteiger partial charge in [-0.3, -0.25) is 0 Å². The first-order valence-electron chi connectivity index (χ1n) is 6.02. The van der Waals surface area contributed by atoms with Gasteiger partial charge in [-0.15, -0.1) is 0 Å². The monoisotopic (exact) mass is 320 g/mol. The normalized spacial score (nSPS) is 10.3. The zero-order valence-electron chi connectivity index (χ0n) is 11.1. The number of anilines is 2. The number of nitrogens with zero attached hydrogens (tertiary/aromatic N) is 1. The molecule has 0 unspecified atom stereocenters. The summed E-state index contributed by atoms with van der Waals surface area (Å²) in [6, 6.07) is 14.1. The molecule has 3 nitrogen and oxygen atoms in total. The molecule has 0 spiro atoms. The van der Waals surface area contributed by atoms with Crippen LogP contribution in [0.1, 0.15) is 5.56 Å². The van der Waals surface area contributed by atoms with Gasteiger partial charge < -0.3 is 15.4 Å². The van der Waals surface area contributed by atoms with E-state index in [1.165, 1.54) is 0 Å². The summed E-state index contributed by atoms with van der Waals surface area (Å²) >= 11 is 3.54. The molecule has 4 heteroatoms. The minimum absolute atomic E-state index is 0.531. The maximum Gasteiger partial charge on any atom is 0.120 e. The molecule has 0 heterocycles. The van der Waals surface area contributed by atoms with Crippen LogP contribution in [0, 0.1) is 0 Å². The van der Waals surface area contributed by atoms with Gasteiger partial charge in [0.2, 0.25) is 0 Å². The van der Waals surface area contributed by atoms with Crippen LogP contribution >= 0.6 is 15.9 Å². The van der Waals surface area contributed by atoms with Gasteiger partial charge in [0.15, 0.2) is 0 Å². The van der Waals surface area contributed by atoms with Crippen molar-refractivity contribution >= 4 is 27.3 Å². The van der Waals surface area contributed by atoms with Gasteiger partial charge in [0, 0.05) is 35.5 Å². The molecule has 0 fully saturated rings. The summed E-state index contributed by atoms with van der Waals surface area (Å²) in [5.74, 6) is 0.849. The Hall–Kier alpha value is -1.52. The SMILES string of the molecule is COc1cccc(N(C)c2ccc(CN)c(Br)c2)c1. The smallest absolute Gasteiger partial charge is 0.120 e. The van der Waals surface area contributed by atoms with Crippen molar-refractivity contribution in [3.63, 3.8) is 0 Å². The molecule has 0 radical (unpaired) electrons. The van der Waals surface area contributed by atoms with E-state index >= 15 is 0 Å². The van der Waals surface area contributed by atoms with E-state index in [0.29, 0.717) is 6.54 Å². The van der Waals surface area contributed by atoms with E-state index in [0.717, 1.165) is 27.2 Å². The molecule has 2 aromatic carbocycles. The third-order valence-corrected chi connectivity index (χ3v) is 3.82. The van der Waals surface area contributed by atoms with E-state index in [1.807, 2.05) is 37.4 Å². The molecule has 0 aliphatic carbocycles. The highest BCUT2D eigenvalue weighted by Crippen LogP contribution is 2.29. The number of hydrogen-bond acceptors (Lipinski definition) is 3. The lowest BCUT2D eigenvalue weighted by Gasteiger charge is -2.21. The minimum atomic E-state index is 0.531. The van der Waals surface area contributed by atoms with Gasteiger partial charge in [0.1, 0.15) is 5.75 Å². The molecular formula is C15H17BrN2O. The van der Waals surface area contributed by atoms with E-state index in [-0.39, 0.29) is 0 Å². The largest absolute Gasteiger partial charge is 0.497 e. The van der Waals surface area contributed by atoms with Crippen molar-refractivity contribution in [3.05, 3.63) is 52.5 Å². The third kappa shape index (κ3) is 3.08. The molecule has 0 aromatic heterocycles. The molecule has 2 N–H and O–H groups in total. The number of halogens is 1. The first-order valence-corrected chi connectivity index (χ1v) is 6.81. The molecule has 0 saturated carbocycles. The Labute approximate surface area is 122 Å². The van der Waals surface area contributed by atoms with Crippen LogP contribution in [0.5, 0.6) is 5.75 Å². The number of nitrogens with two attached hydrogens (primary N) is 1. The van der Waals surface area contributed by atoms with E-state index in [4.69, 9.17) is 10.5 Å². The van der Waals surface area contributed by atoms with Gasteiger partial charge in [-0.2, -0.15) is 0 Å². The third-order valence-electron chi connectivity index (χ3n) is 3.08. The van der Waals surface area contributed by atoms with Crippen molar-refractivity contribution in [1.82, 2.24) is 0 Å². The average molecular weight is 321 g/mol. The molecule has 100 valence electrons. The zero-order valence-corrected chi connectivity index (χ0v) is 12.6. The molecule has 2 rings (SSSR count). The summed E-state index contributed by atoms with van der Waals surface area (Å²) in [7, 11) is 3.70. The van der Waals surface area contributed by atoms with Crippen LogP contribution in [0.15, 0.2) is 46.9 Å². The van der Waals surface area contributed by atoms with Crippen molar-refractivity contribution in [1.29, 1.82) is 0 Å². The van der Waals surface area contributed by atoms with Crippen LogP contribution in [-0.2, 0) is 6.54 Å². The number of ether oxygens (including phenoxy) is 1. The van der Waals surface area contributed by atoms with Crippen molar-refractivity contribution in [3.8, 4) is 5.75 Å². The molecular weight excluding hydrogens is 304 g/mol. The molecule has 0 aliphatic rings. The van der Waals surface area contributed by atoms with E-state index in [9.17, 15) is 0 Å². The van der Waals surface area contributed by atoms with Gasteiger partial charge in [0.05, 0.1) is 7.11 Å². The number of hydrogen-bond donors (Lipinski definition) is 1. The van der Waals surface area contributed by atoms with E-state index in [2.05, 4.69) is 33.0 Å². The van der Waals surface area contributed by atoms with Crippen LogP contribution in [-0.4, -0.2) is 14.2 Å². The second-order valence-electron chi connectivity index (χ2n) is 4.24. The van der Waals surface area contributed by atoms with Crippen LogP contribution in [0.3, 0.4) is 0 Å². The Morgan fingerprint density at radius 3 is 2.53 bits per heavy atom. The highest BCUT2D eigenvalue weighted by Gasteiger charge is 2.07. The topological polar surface area (TPSA) is 38.5 Å². The number of rotatable bonds is 4. The summed E-state index contributed by atoms with van der Waals surface area (Å²) in [6.45, 7) is 0.531. The summed E-state index contributed by atoms with van der Waals surface area (Å²) in [5.41, 5.74) is 8.94. The fourth-order valence-electron chi connectivity index (χ4n) is 1.88. The summed E-state index contributed by atoms with van der Waals surface area (Å²) in [6.07, 6.45) is 0. The summed E-state index contributed by atoms with van der Waals surface area (Å²) in [4.78, 5) is 2.10. The Balaban J connectivity index is 2.32. The molecule has 19 heavy (non-hydrogen) atoms. The predicted octanol–water partition coefficient (Wildman–Crippen LogP) is 3.68. The highest BCUT2D eigenvalue weighted by molar-refractivity contribution is 9.10. The average Bonchev–Trinajstić information content (AvgIpc) is 2.46. The van der Waals surface area contributed by atoms with Crippen molar-refractivity contribution < 1.29 is 4.74 Å². The van der Waals surface area contributed by atoms with E-state index < -0.39 is 0 Å². The molecule has 2 aromatic rings. The van der Waals surface area contributed by atoms with Gasteiger partial charge in [-0.25, -0.2) is 0 Å². The minimum Gasteiger partial charge on any atom is -0.497 e. The fourth-order valence-corrected chi connectivity index (χ4v) is 2.41. The lowest BCUT2D eigenvalue weighted by Crippen LogP contribution is -2.10. The Bertz CT molecular complexity index is 572. The Morgan fingerprint density at radius 2 is 1.89 bits per heavy atom. The van der Waals surface area contributed by atoms with Crippen molar-refractivity contribution in [2.45, 2.75) is 6.54 Å². The predicted molar refractivity (Wildman–Crippen MR) is 83.1 cm³/mol. The highest BCUT2D eigenvalue weighted by atomic mass is 79.9. The van der Waals surface area contributed by atoms with Gasteiger partial charge in [0.25, 0.3) is 0 Å². The van der Waals surface area contributed by atoms with Crippen molar-refractivity contribution in [2.75, 3.05) is 19.1 Å². The first-order chi connectivity index (χ1) is 9.15. The lowest BCUT2D eigenvalue weighted by molar-refractivity contribution is 0.415. The molecule has 0 bridgehead atoms. The second-order valence-corrected chi connectivity index (χ2v) is 5.09. The molecule has 0 amide bonds. The first kappa shape index (κ1) is 13.9. The number of methoxy groups -OCH3 is 1. The Kier molecular flexibility index (Phi) is 4.45. The molecule has 0 atom stereocenters. The van der Waals surface area contributed by atoms with Crippen LogP contribution in [0.2, 0.25) is 0 Å². The fraction of sp³-hybridized carbons (Fsp3) is 0.200. The molecule has 0 saturated heterocycles. The van der Waals surface area contributed by atoms with Crippen LogP contribution in [0.4, 0.5) is 11.4 Å². The number of benzene rings is 2. The van der Waals surface area contributed by atoms with Gasteiger partial charge >= 0.3 is 0 Å². The second kappa shape index (κ2) is 6.08. The standard InChI is InChI=1S/C15H17BrN2O/c1-18(12-4-3-5-14(8-12)19-2)13-7-6-11(10-17)15(16)9-13/h3-9H,10,17H2,1-2H3. The van der Waals surface area contributed by atoms with E-state index in [1.54, 1.807) is 7.11 Å². The maximum atomic E-state index is 5.67. The maximum absolute atomic E-state index is 5.67.